The number of aryl methyl sites for hydroxylation is 2. The minimum atomic E-state index is -1.18. The Hall–Kier alpha value is -1.35. The van der Waals surface area contributed by atoms with Crippen LogP contribution in [0.2, 0.25) is 0 Å². The van der Waals surface area contributed by atoms with Crippen molar-refractivity contribution in [3.8, 4) is 0 Å². The Morgan fingerprint density at radius 3 is 2.42 bits per heavy atom. The van der Waals surface area contributed by atoms with Crippen LogP contribution in [0, 0.1) is 20.8 Å². The second kappa shape index (κ2) is 5.74. The van der Waals surface area contributed by atoms with Crippen molar-refractivity contribution in [1.29, 1.82) is 0 Å². The molecule has 0 saturated carbocycles. The van der Waals surface area contributed by atoms with Gasteiger partial charge in [0.25, 0.3) is 0 Å². The minimum absolute atomic E-state index is 0.185. The first-order valence-corrected chi connectivity index (χ1v) is 6.79. The molecule has 3 N–H and O–H groups in total. The first-order chi connectivity index (χ1) is 8.69. The number of carboxylic acids is 1. The van der Waals surface area contributed by atoms with Gasteiger partial charge in [0, 0.05) is 0 Å². The van der Waals surface area contributed by atoms with E-state index in [0.29, 0.717) is 6.42 Å². The normalized spacial score (nSPS) is 15.9. The van der Waals surface area contributed by atoms with Gasteiger partial charge < -0.3 is 10.8 Å². The highest BCUT2D eigenvalue weighted by atomic mass is 16.4. The topological polar surface area (TPSA) is 63.3 Å². The van der Waals surface area contributed by atoms with E-state index in [1.807, 2.05) is 0 Å². The van der Waals surface area contributed by atoms with Gasteiger partial charge in [-0.1, -0.05) is 24.6 Å². The third-order valence-electron chi connectivity index (χ3n) is 3.94. The van der Waals surface area contributed by atoms with Crippen LogP contribution in [0.25, 0.3) is 0 Å². The Labute approximate surface area is 115 Å². The van der Waals surface area contributed by atoms with Gasteiger partial charge in [-0.05, 0) is 63.1 Å². The molecule has 0 aliphatic rings. The highest BCUT2D eigenvalue weighted by molar-refractivity contribution is 5.78. The molecule has 0 radical (unpaired) electrons. The molecule has 2 atom stereocenters. The molecule has 0 fully saturated rings. The number of hydrogen-bond donors (Lipinski definition) is 2. The van der Waals surface area contributed by atoms with Gasteiger partial charge in [0.1, 0.15) is 5.54 Å². The van der Waals surface area contributed by atoms with E-state index >= 15 is 0 Å². The third kappa shape index (κ3) is 3.57. The maximum Gasteiger partial charge on any atom is 0.323 e. The second-order valence-electron chi connectivity index (χ2n) is 5.83. The molecule has 3 nitrogen and oxygen atoms in total. The van der Waals surface area contributed by atoms with Crippen molar-refractivity contribution in [3.63, 3.8) is 0 Å². The summed E-state index contributed by atoms with van der Waals surface area (Å²) in [7, 11) is 0. The smallest absolute Gasteiger partial charge is 0.323 e. The fourth-order valence-electron chi connectivity index (χ4n) is 2.57. The van der Waals surface area contributed by atoms with E-state index in [9.17, 15) is 9.90 Å². The number of rotatable bonds is 5. The zero-order valence-electron chi connectivity index (χ0n) is 12.6. The summed E-state index contributed by atoms with van der Waals surface area (Å²) >= 11 is 0. The number of carboxylic acid groups (broad SMARTS) is 1. The molecule has 0 aliphatic carbocycles. The van der Waals surface area contributed by atoms with Gasteiger partial charge in [-0.3, -0.25) is 4.79 Å². The Morgan fingerprint density at radius 1 is 1.37 bits per heavy atom. The number of benzene rings is 1. The summed E-state index contributed by atoms with van der Waals surface area (Å²) in [4.78, 5) is 11.2. The predicted molar refractivity (Wildman–Crippen MR) is 78.5 cm³/mol. The molecule has 0 bridgehead atoms. The molecule has 0 saturated heterocycles. The van der Waals surface area contributed by atoms with Crippen LogP contribution >= 0.6 is 0 Å². The summed E-state index contributed by atoms with van der Waals surface area (Å²) in [5, 5.41) is 9.19. The Bertz CT molecular complexity index is 478. The summed E-state index contributed by atoms with van der Waals surface area (Å²) in [5.41, 5.74) is 9.67. The van der Waals surface area contributed by atoms with Crippen LogP contribution in [0.15, 0.2) is 12.1 Å². The average Bonchev–Trinajstić information content (AvgIpc) is 2.30. The van der Waals surface area contributed by atoms with Crippen LogP contribution in [-0.2, 0) is 4.79 Å². The molecule has 1 rings (SSSR count). The highest BCUT2D eigenvalue weighted by Gasteiger charge is 2.32. The van der Waals surface area contributed by atoms with Gasteiger partial charge in [-0.15, -0.1) is 0 Å². The van der Waals surface area contributed by atoms with Gasteiger partial charge in [0.15, 0.2) is 0 Å². The van der Waals surface area contributed by atoms with E-state index < -0.39 is 11.5 Å². The van der Waals surface area contributed by atoms with E-state index in [0.717, 1.165) is 6.42 Å². The second-order valence-corrected chi connectivity index (χ2v) is 5.83. The van der Waals surface area contributed by atoms with Crippen molar-refractivity contribution < 1.29 is 9.90 Å². The molecule has 3 heteroatoms. The van der Waals surface area contributed by atoms with E-state index in [1.54, 1.807) is 6.92 Å². The van der Waals surface area contributed by atoms with Crippen LogP contribution in [0.3, 0.4) is 0 Å². The zero-order chi connectivity index (χ0) is 14.8. The molecule has 2 unspecified atom stereocenters. The number of hydrogen-bond acceptors (Lipinski definition) is 2. The van der Waals surface area contributed by atoms with Gasteiger partial charge in [0.2, 0.25) is 0 Å². The zero-order valence-corrected chi connectivity index (χ0v) is 12.6. The third-order valence-corrected chi connectivity index (χ3v) is 3.94. The number of aliphatic carboxylic acids is 1. The van der Waals surface area contributed by atoms with E-state index in [1.165, 1.54) is 22.3 Å². The lowest BCUT2D eigenvalue weighted by atomic mass is 9.81. The van der Waals surface area contributed by atoms with Gasteiger partial charge in [-0.25, -0.2) is 0 Å². The Morgan fingerprint density at radius 2 is 1.95 bits per heavy atom. The molecule has 0 spiro atoms. The van der Waals surface area contributed by atoms with Crippen LogP contribution in [0.4, 0.5) is 0 Å². The summed E-state index contributed by atoms with van der Waals surface area (Å²) in [5.74, 6) is -0.752. The monoisotopic (exact) mass is 263 g/mol. The SMILES string of the molecule is CCC(CC(C)(N)C(=O)O)c1cc(C)cc(C)c1C. The van der Waals surface area contributed by atoms with E-state index in [2.05, 4.69) is 39.8 Å². The molecule has 0 amide bonds. The molecule has 1 aromatic rings. The average molecular weight is 263 g/mol. The number of nitrogens with two attached hydrogens (primary N) is 1. The quantitative estimate of drug-likeness (QED) is 0.856. The lowest BCUT2D eigenvalue weighted by Gasteiger charge is -2.27. The molecule has 0 aromatic heterocycles. The standard InChI is InChI=1S/C16H25NO2/c1-6-13(9-16(5,17)15(18)19)14-8-10(2)7-11(3)12(14)4/h7-8,13H,6,9,17H2,1-5H3,(H,18,19). The fourth-order valence-corrected chi connectivity index (χ4v) is 2.57. The van der Waals surface area contributed by atoms with Gasteiger partial charge in [-0.2, -0.15) is 0 Å². The van der Waals surface area contributed by atoms with Crippen LogP contribution in [0.1, 0.15) is 54.9 Å². The summed E-state index contributed by atoms with van der Waals surface area (Å²) < 4.78 is 0. The largest absolute Gasteiger partial charge is 0.480 e. The summed E-state index contributed by atoms with van der Waals surface area (Å²) in [6, 6.07) is 4.32. The first kappa shape index (κ1) is 15.7. The Kier molecular flexibility index (Phi) is 4.75. The lowest BCUT2D eigenvalue weighted by molar-refractivity contribution is -0.143. The van der Waals surface area contributed by atoms with E-state index in [-0.39, 0.29) is 5.92 Å². The van der Waals surface area contributed by atoms with Gasteiger partial charge >= 0.3 is 5.97 Å². The van der Waals surface area contributed by atoms with Crippen molar-refractivity contribution >= 4 is 5.97 Å². The summed E-state index contributed by atoms with van der Waals surface area (Å²) in [6.07, 6.45) is 1.35. The highest BCUT2D eigenvalue weighted by Crippen LogP contribution is 2.32. The fraction of sp³-hybridized carbons (Fsp3) is 0.562. The summed E-state index contributed by atoms with van der Waals surface area (Å²) in [6.45, 7) is 9.94. The van der Waals surface area contributed by atoms with Crippen molar-refractivity contribution in [2.24, 2.45) is 5.73 Å². The van der Waals surface area contributed by atoms with Crippen LogP contribution < -0.4 is 5.73 Å². The Balaban J connectivity index is 3.15. The van der Waals surface area contributed by atoms with Crippen molar-refractivity contribution in [2.45, 2.75) is 58.9 Å². The lowest BCUT2D eigenvalue weighted by Crippen LogP contribution is -2.46. The van der Waals surface area contributed by atoms with Crippen molar-refractivity contribution in [3.05, 3.63) is 34.4 Å². The van der Waals surface area contributed by atoms with Gasteiger partial charge in [0.05, 0.1) is 0 Å². The molecular weight excluding hydrogens is 238 g/mol. The van der Waals surface area contributed by atoms with Crippen molar-refractivity contribution in [1.82, 2.24) is 0 Å². The van der Waals surface area contributed by atoms with Crippen LogP contribution in [0.5, 0.6) is 0 Å². The molecule has 0 heterocycles. The molecule has 1 aromatic carbocycles. The predicted octanol–water partition coefficient (Wildman–Crippen LogP) is 3.30. The van der Waals surface area contributed by atoms with Crippen LogP contribution in [-0.4, -0.2) is 16.6 Å². The van der Waals surface area contributed by atoms with E-state index in [4.69, 9.17) is 5.73 Å². The first-order valence-electron chi connectivity index (χ1n) is 6.79. The molecule has 106 valence electrons. The molecule has 0 aliphatic heterocycles. The maximum atomic E-state index is 11.2. The maximum absolute atomic E-state index is 11.2. The van der Waals surface area contributed by atoms with Crippen molar-refractivity contribution in [2.75, 3.05) is 0 Å². The molecule has 19 heavy (non-hydrogen) atoms. The number of carbonyl (C=O) groups is 1. The molecular formula is C16H25NO2. The minimum Gasteiger partial charge on any atom is -0.480 e.